The van der Waals surface area contributed by atoms with Crippen LogP contribution in [0.4, 0.5) is 0 Å². The Bertz CT molecular complexity index is 1390. The first kappa shape index (κ1) is 46.4. The fourth-order valence-corrected chi connectivity index (χ4v) is 7.64. The van der Waals surface area contributed by atoms with Crippen LogP contribution in [0.15, 0.2) is 24.3 Å². The van der Waals surface area contributed by atoms with E-state index in [2.05, 4.69) is 16.0 Å². The predicted octanol–water partition coefficient (Wildman–Crippen LogP) is 3.11. The van der Waals surface area contributed by atoms with Gasteiger partial charge in [0.2, 0.25) is 23.6 Å². The van der Waals surface area contributed by atoms with Gasteiger partial charge < -0.3 is 45.1 Å². The van der Waals surface area contributed by atoms with Crippen LogP contribution in [0.1, 0.15) is 79.7 Å². The van der Waals surface area contributed by atoms with E-state index in [4.69, 9.17) is 14.2 Å². The van der Waals surface area contributed by atoms with E-state index < -0.39 is 60.2 Å². The van der Waals surface area contributed by atoms with Crippen molar-refractivity contribution >= 4 is 29.6 Å². The van der Waals surface area contributed by atoms with Crippen molar-refractivity contribution in [3.63, 3.8) is 0 Å². The van der Waals surface area contributed by atoms with Crippen LogP contribution in [0.2, 0.25) is 0 Å². The smallest absolute Gasteiger partial charge is 0.326 e. The number of carboxylic acids is 1. The molecule has 0 saturated carbocycles. The molecule has 0 aliphatic carbocycles. The number of nitrogens with one attached hydrogen (secondary N) is 3. The van der Waals surface area contributed by atoms with Gasteiger partial charge in [0.1, 0.15) is 17.8 Å². The zero-order valence-electron chi connectivity index (χ0n) is 34.5. The van der Waals surface area contributed by atoms with Crippen LogP contribution in [0.25, 0.3) is 0 Å². The highest BCUT2D eigenvalue weighted by Gasteiger charge is 2.43. The summed E-state index contributed by atoms with van der Waals surface area (Å²) in [5, 5.41) is 18.7. The number of ether oxygens (including phenoxy) is 3. The number of hydrogen-bond acceptors (Lipinski definition) is 9. The van der Waals surface area contributed by atoms with E-state index in [0.29, 0.717) is 37.1 Å². The first-order valence-electron chi connectivity index (χ1n) is 19.2. The van der Waals surface area contributed by atoms with E-state index in [9.17, 15) is 29.1 Å². The molecule has 4 N–H and O–H groups in total. The molecule has 9 atom stereocenters. The molecular weight excluding hydrogens is 694 g/mol. The normalized spacial score (nSPS) is 18.9. The third kappa shape index (κ3) is 11.9. The Labute approximate surface area is 322 Å². The van der Waals surface area contributed by atoms with Gasteiger partial charge in [0, 0.05) is 34.2 Å². The number of carbonyl (C=O) groups excluding carboxylic acids is 4. The number of nitrogens with zero attached hydrogens (tertiary/aromatic N) is 2. The Balaban J connectivity index is 2.28. The van der Waals surface area contributed by atoms with E-state index in [-0.39, 0.29) is 48.3 Å². The molecule has 1 fully saturated rings. The Hall–Kier alpha value is -3.75. The summed E-state index contributed by atoms with van der Waals surface area (Å²) in [6.45, 7) is 13.8. The van der Waals surface area contributed by atoms with Gasteiger partial charge in [-0.2, -0.15) is 0 Å². The van der Waals surface area contributed by atoms with Crippen LogP contribution in [-0.2, 0) is 39.9 Å². The number of benzene rings is 1. The van der Waals surface area contributed by atoms with Crippen molar-refractivity contribution in [2.45, 2.75) is 123 Å². The Kier molecular flexibility index (Phi) is 18.9. The summed E-state index contributed by atoms with van der Waals surface area (Å²) in [5.41, 5.74) is 0.644. The summed E-state index contributed by atoms with van der Waals surface area (Å²) in [4.78, 5) is 70.7. The summed E-state index contributed by atoms with van der Waals surface area (Å²) < 4.78 is 17.2. The molecule has 0 spiro atoms. The number of amides is 4. The number of para-hydroxylation sites is 1. The molecule has 0 bridgehead atoms. The minimum absolute atomic E-state index is 0.0165. The topological polar surface area (TPSA) is 176 Å². The molecule has 4 amide bonds. The molecule has 1 aliphatic heterocycles. The summed E-state index contributed by atoms with van der Waals surface area (Å²) in [6, 6.07) is 3.66. The highest BCUT2D eigenvalue weighted by molar-refractivity contribution is 5.90. The molecule has 1 aromatic carbocycles. The lowest BCUT2D eigenvalue weighted by Crippen LogP contribution is -2.59. The number of aliphatic carboxylic acids is 1. The minimum Gasteiger partial charge on any atom is -0.496 e. The highest BCUT2D eigenvalue weighted by Crippen LogP contribution is 2.30. The molecule has 1 aliphatic rings. The van der Waals surface area contributed by atoms with Crippen molar-refractivity contribution in [3.8, 4) is 5.75 Å². The molecule has 2 rings (SSSR count). The van der Waals surface area contributed by atoms with Gasteiger partial charge in [-0.1, -0.05) is 73.1 Å². The average Bonchev–Trinajstić information content (AvgIpc) is 3.62. The fourth-order valence-electron chi connectivity index (χ4n) is 7.64. The molecule has 14 heteroatoms. The number of methoxy groups -OCH3 is 3. The summed E-state index contributed by atoms with van der Waals surface area (Å²) in [5.74, 6) is -2.90. The number of carboxylic acid groups (broad SMARTS) is 1. The maximum absolute atomic E-state index is 14.2. The van der Waals surface area contributed by atoms with Crippen molar-refractivity contribution in [2.75, 3.05) is 42.0 Å². The molecule has 0 aromatic heterocycles. The van der Waals surface area contributed by atoms with Gasteiger partial charge in [0.25, 0.3) is 0 Å². The first-order chi connectivity index (χ1) is 25.5. The van der Waals surface area contributed by atoms with Gasteiger partial charge in [-0.05, 0) is 49.3 Å². The van der Waals surface area contributed by atoms with Gasteiger partial charge in [0.15, 0.2) is 0 Å². The SMILES string of the molecule is CC[C@H](C)[C@@H]([C@@H](CC(=O)N1CCC[C@H]1[C@H](OC)[C@@H](C)C(=O)N[C@@H](Cc1ccccc1OC)C(=O)O)OC)N(C)C(=O)[C@@H](NC(=O)[C@@H](NC)C(C)C)C(C)C. The number of likely N-dealkylation sites (tertiary alicyclic amines) is 1. The van der Waals surface area contributed by atoms with E-state index in [0.717, 1.165) is 0 Å². The zero-order valence-corrected chi connectivity index (χ0v) is 34.5. The molecule has 306 valence electrons. The van der Waals surface area contributed by atoms with Crippen LogP contribution in [0.3, 0.4) is 0 Å². The fraction of sp³-hybridized carbons (Fsp3) is 0.725. The minimum atomic E-state index is -1.21. The molecule has 1 aromatic rings. The molecule has 54 heavy (non-hydrogen) atoms. The number of rotatable bonds is 22. The van der Waals surface area contributed by atoms with Crippen molar-refractivity contribution in [1.82, 2.24) is 25.8 Å². The van der Waals surface area contributed by atoms with Gasteiger partial charge in [0.05, 0.1) is 49.8 Å². The Morgan fingerprint density at radius 2 is 1.56 bits per heavy atom. The van der Waals surface area contributed by atoms with Gasteiger partial charge >= 0.3 is 5.97 Å². The van der Waals surface area contributed by atoms with Crippen LogP contribution in [0, 0.1) is 23.7 Å². The van der Waals surface area contributed by atoms with Crippen LogP contribution >= 0.6 is 0 Å². The van der Waals surface area contributed by atoms with E-state index in [1.165, 1.54) is 21.3 Å². The Morgan fingerprint density at radius 1 is 0.926 bits per heavy atom. The van der Waals surface area contributed by atoms with Gasteiger partial charge in [-0.3, -0.25) is 19.2 Å². The van der Waals surface area contributed by atoms with Gasteiger partial charge in [-0.15, -0.1) is 0 Å². The quantitative estimate of drug-likeness (QED) is 0.137. The second-order valence-electron chi connectivity index (χ2n) is 15.2. The summed E-state index contributed by atoms with van der Waals surface area (Å²) in [7, 11) is 7.94. The zero-order chi connectivity index (χ0) is 40.9. The van der Waals surface area contributed by atoms with Crippen molar-refractivity contribution < 1.29 is 43.3 Å². The third-order valence-electron chi connectivity index (χ3n) is 11.0. The highest BCUT2D eigenvalue weighted by atomic mass is 16.5. The summed E-state index contributed by atoms with van der Waals surface area (Å²) in [6.07, 6.45) is 0.620. The lowest BCUT2D eigenvalue weighted by Gasteiger charge is -2.41. The molecule has 0 radical (unpaired) electrons. The second kappa shape index (κ2) is 22.0. The molecule has 14 nitrogen and oxygen atoms in total. The largest absolute Gasteiger partial charge is 0.496 e. The number of carbonyl (C=O) groups is 5. The van der Waals surface area contributed by atoms with Crippen molar-refractivity contribution in [1.29, 1.82) is 0 Å². The molecule has 1 heterocycles. The monoisotopic (exact) mass is 761 g/mol. The number of likely N-dealkylation sites (N-methyl/N-ethyl adjacent to an activating group) is 2. The first-order valence-corrected chi connectivity index (χ1v) is 19.2. The van der Waals surface area contributed by atoms with Crippen molar-refractivity contribution in [3.05, 3.63) is 29.8 Å². The lowest BCUT2D eigenvalue weighted by atomic mass is 9.89. The second-order valence-corrected chi connectivity index (χ2v) is 15.2. The summed E-state index contributed by atoms with van der Waals surface area (Å²) >= 11 is 0. The number of hydrogen-bond donors (Lipinski definition) is 4. The van der Waals surface area contributed by atoms with Crippen LogP contribution in [-0.4, -0.2) is 129 Å². The Morgan fingerprint density at radius 3 is 2.07 bits per heavy atom. The predicted molar refractivity (Wildman–Crippen MR) is 207 cm³/mol. The van der Waals surface area contributed by atoms with E-state index >= 15 is 0 Å². The van der Waals surface area contributed by atoms with Gasteiger partial charge in [-0.25, -0.2) is 4.79 Å². The standard InChI is InChI=1S/C40H67N5O9/c1-13-25(6)35(44(9)39(49)34(24(4)5)43-38(48)33(41-8)23(2)3)31(53-11)22-32(46)45-20-16-18-29(45)36(54-12)26(7)37(47)42-28(40(50)51)21-27-17-14-15-19-30(27)52-10/h14-15,17,19,23-26,28-29,31,33-36,41H,13,16,18,20-22H2,1-12H3,(H,42,47)(H,43,48)(H,50,51)/t25-,26+,28-,29-,31+,33-,34-,35-,36+/m0/s1. The van der Waals surface area contributed by atoms with E-state index in [1.807, 2.05) is 41.5 Å². The molecule has 0 unspecified atom stereocenters. The van der Waals surface area contributed by atoms with Crippen LogP contribution in [0.5, 0.6) is 5.75 Å². The van der Waals surface area contributed by atoms with Crippen LogP contribution < -0.4 is 20.7 Å². The average molecular weight is 762 g/mol. The van der Waals surface area contributed by atoms with Crippen molar-refractivity contribution in [2.24, 2.45) is 23.7 Å². The maximum Gasteiger partial charge on any atom is 0.326 e. The van der Waals surface area contributed by atoms with E-state index in [1.54, 1.807) is 55.1 Å². The maximum atomic E-state index is 14.2. The lowest BCUT2D eigenvalue weighted by molar-refractivity contribution is -0.148. The molecule has 1 saturated heterocycles. The molecular formula is C40H67N5O9. The third-order valence-corrected chi connectivity index (χ3v) is 11.0.